The lowest BCUT2D eigenvalue weighted by molar-refractivity contribution is -0.131. The van der Waals surface area contributed by atoms with Gasteiger partial charge in [0.05, 0.1) is 21.4 Å². The van der Waals surface area contributed by atoms with Gasteiger partial charge in [0.25, 0.3) is 0 Å². The van der Waals surface area contributed by atoms with Crippen molar-refractivity contribution in [3.8, 4) is 0 Å². The molecule has 1 fully saturated rings. The van der Waals surface area contributed by atoms with Crippen molar-refractivity contribution >= 4 is 39.1 Å². The van der Waals surface area contributed by atoms with E-state index in [4.69, 9.17) is 23.2 Å². The van der Waals surface area contributed by atoms with Gasteiger partial charge in [-0.3, -0.25) is 4.79 Å². The first-order chi connectivity index (χ1) is 13.2. The number of piperazine rings is 1. The zero-order chi connectivity index (χ0) is 20.5. The Balaban J connectivity index is 1.63. The molecule has 3 rings (SSSR count). The molecule has 0 aliphatic carbocycles. The van der Waals surface area contributed by atoms with Gasteiger partial charge >= 0.3 is 0 Å². The van der Waals surface area contributed by atoms with E-state index in [-0.39, 0.29) is 43.4 Å². The SMILES string of the molecule is O=C(Cc1ccc(Cl)c(Cl)c1)N1CCN(S(=O)(=O)c2ccc(F)c(F)c2)CC1. The van der Waals surface area contributed by atoms with E-state index in [9.17, 15) is 22.0 Å². The molecule has 0 spiro atoms. The molecule has 28 heavy (non-hydrogen) atoms. The van der Waals surface area contributed by atoms with E-state index in [1.807, 2.05) is 0 Å². The maximum atomic E-state index is 13.4. The highest BCUT2D eigenvalue weighted by Gasteiger charge is 2.30. The average molecular weight is 449 g/mol. The molecule has 0 bridgehead atoms. The summed E-state index contributed by atoms with van der Waals surface area (Å²) in [5.41, 5.74) is 0.705. The molecule has 0 saturated carbocycles. The minimum atomic E-state index is -3.96. The minimum absolute atomic E-state index is 0.0639. The first kappa shape index (κ1) is 21.0. The summed E-state index contributed by atoms with van der Waals surface area (Å²) < 4.78 is 52.8. The Bertz CT molecular complexity index is 1010. The van der Waals surface area contributed by atoms with E-state index in [0.29, 0.717) is 21.7 Å². The molecule has 1 aliphatic heterocycles. The summed E-state index contributed by atoms with van der Waals surface area (Å²) in [5.74, 6) is -2.50. The summed E-state index contributed by atoms with van der Waals surface area (Å²) in [6.07, 6.45) is 0.118. The van der Waals surface area contributed by atoms with E-state index in [0.717, 1.165) is 16.4 Å². The van der Waals surface area contributed by atoms with E-state index in [1.54, 1.807) is 23.1 Å². The van der Waals surface area contributed by atoms with Gasteiger partial charge in [-0.15, -0.1) is 0 Å². The summed E-state index contributed by atoms with van der Waals surface area (Å²) in [7, 11) is -3.96. The van der Waals surface area contributed by atoms with Crippen LogP contribution in [-0.2, 0) is 21.2 Å². The van der Waals surface area contributed by atoms with Crippen LogP contribution in [0.15, 0.2) is 41.3 Å². The third kappa shape index (κ3) is 4.46. The summed E-state index contributed by atoms with van der Waals surface area (Å²) in [6.45, 7) is 0.523. The largest absolute Gasteiger partial charge is 0.340 e. The molecule has 10 heteroatoms. The predicted molar refractivity (Wildman–Crippen MR) is 102 cm³/mol. The number of benzene rings is 2. The summed E-state index contributed by atoms with van der Waals surface area (Å²) in [5, 5.41) is 0.753. The van der Waals surface area contributed by atoms with Crippen LogP contribution in [0, 0.1) is 11.6 Å². The number of nitrogens with zero attached hydrogens (tertiary/aromatic N) is 2. The molecule has 1 amide bonds. The van der Waals surface area contributed by atoms with Gasteiger partial charge in [-0.25, -0.2) is 17.2 Å². The maximum Gasteiger partial charge on any atom is 0.243 e. The Morgan fingerprint density at radius 1 is 0.929 bits per heavy atom. The molecular formula is C18H16Cl2F2N2O3S. The lowest BCUT2D eigenvalue weighted by Gasteiger charge is -2.34. The van der Waals surface area contributed by atoms with Crippen molar-refractivity contribution < 1.29 is 22.0 Å². The van der Waals surface area contributed by atoms with Gasteiger partial charge in [0, 0.05) is 26.2 Å². The van der Waals surface area contributed by atoms with Crippen LogP contribution in [0.3, 0.4) is 0 Å². The standard InChI is InChI=1S/C18H16Cl2F2N2O3S/c19-14-3-1-12(9-15(14)20)10-18(25)23-5-7-24(8-6-23)28(26,27)13-2-4-16(21)17(22)11-13/h1-4,9,11H,5-8,10H2. The number of sulfonamides is 1. The maximum absolute atomic E-state index is 13.4. The smallest absolute Gasteiger partial charge is 0.243 e. The second-order valence-electron chi connectivity index (χ2n) is 6.29. The van der Waals surface area contributed by atoms with Crippen LogP contribution >= 0.6 is 23.2 Å². The van der Waals surface area contributed by atoms with Crippen molar-refractivity contribution in [2.24, 2.45) is 0 Å². The number of hydrogen-bond acceptors (Lipinski definition) is 3. The van der Waals surface area contributed by atoms with Crippen LogP contribution in [-0.4, -0.2) is 49.7 Å². The van der Waals surface area contributed by atoms with E-state index < -0.39 is 21.7 Å². The second kappa shape index (κ2) is 8.32. The molecule has 0 aromatic heterocycles. The van der Waals surface area contributed by atoms with Gasteiger partial charge in [-0.1, -0.05) is 29.3 Å². The highest BCUT2D eigenvalue weighted by Crippen LogP contribution is 2.24. The van der Waals surface area contributed by atoms with E-state index >= 15 is 0 Å². The van der Waals surface area contributed by atoms with Crippen molar-refractivity contribution in [1.82, 2.24) is 9.21 Å². The van der Waals surface area contributed by atoms with E-state index in [1.165, 1.54) is 0 Å². The van der Waals surface area contributed by atoms with Crippen molar-refractivity contribution in [2.75, 3.05) is 26.2 Å². The van der Waals surface area contributed by atoms with E-state index in [2.05, 4.69) is 0 Å². The first-order valence-electron chi connectivity index (χ1n) is 8.35. The van der Waals surface area contributed by atoms with Crippen molar-refractivity contribution in [3.05, 3.63) is 63.6 Å². The molecule has 2 aromatic carbocycles. The van der Waals surface area contributed by atoms with Gasteiger partial charge in [-0.2, -0.15) is 4.31 Å². The number of halogens is 4. The molecule has 0 unspecified atom stereocenters. The third-order valence-electron chi connectivity index (χ3n) is 4.46. The molecule has 0 radical (unpaired) electrons. The molecule has 5 nitrogen and oxygen atoms in total. The lowest BCUT2D eigenvalue weighted by atomic mass is 10.1. The van der Waals surface area contributed by atoms with Crippen molar-refractivity contribution in [1.29, 1.82) is 0 Å². The van der Waals surface area contributed by atoms with Crippen LogP contribution in [0.2, 0.25) is 10.0 Å². The van der Waals surface area contributed by atoms with Crippen LogP contribution in [0.25, 0.3) is 0 Å². The fraction of sp³-hybridized carbons (Fsp3) is 0.278. The Morgan fingerprint density at radius 2 is 1.61 bits per heavy atom. The summed E-state index contributed by atoms with van der Waals surface area (Å²) in [6, 6.07) is 7.39. The van der Waals surface area contributed by atoms with Crippen LogP contribution in [0.4, 0.5) is 8.78 Å². The Labute approximate surface area is 171 Å². The molecule has 2 aromatic rings. The zero-order valence-electron chi connectivity index (χ0n) is 14.5. The van der Waals surface area contributed by atoms with Gasteiger partial charge in [0.2, 0.25) is 15.9 Å². The number of amides is 1. The van der Waals surface area contributed by atoms with Gasteiger partial charge < -0.3 is 4.90 Å². The van der Waals surface area contributed by atoms with Gasteiger partial charge in [-0.05, 0) is 35.9 Å². The molecule has 1 aliphatic rings. The molecule has 1 heterocycles. The average Bonchev–Trinajstić information content (AvgIpc) is 2.67. The number of carbonyl (C=O) groups is 1. The summed E-state index contributed by atoms with van der Waals surface area (Å²) >= 11 is 11.8. The quantitative estimate of drug-likeness (QED) is 0.720. The number of rotatable bonds is 4. The fourth-order valence-electron chi connectivity index (χ4n) is 2.90. The lowest BCUT2D eigenvalue weighted by Crippen LogP contribution is -2.50. The molecular weight excluding hydrogens is 433 g/mol. The normalized spacial score (nSPS) is 15.6. The Hall–Kier alpha value is -1.74. The molecule has 0 atom stereocenters. The molecule has 150 valence electrons. The topological polar surface area (TPSA) is 57.7 Å². The van der Waals surface area contributed by atoms with Crippen LogP contribution in [0.1, 0.15) is 5.56 Å². The van der Waals surface area contributed by atoms with Gasteiger partial charge in [0.15, 0.2) is 11.6 Å². The molecule has 1 saturated heterocycles. The minimum Gasteiger partial charge on any atom is -0.340 e. The fourth-order valence-corrected chi connectivity index (χ4v) is 4.66. The van der Waals surface area contributed by atoms with Crippen molar-refractivity contribution in [3.63, 3.8) is 0 Å². The van der Waals surface area contributed by atoms with Gasteiger partial charge in [0.1, 0.15) is 0 Å². The van der Waals surface area contributed by atoms with Crippen LogP contribution in [0.5, 0.6) is 0 Å². The van der Waals surface area contributed by atoms with Crippen molar-refractivity contribution in [2.45, 2.75) is 11.3 Å². The second-order valence-corrected chi connectivity index (χ2v) is 9.04. The third-order valence-corrected chi connectivity index (χ3v) is 7.09. The Morgan fingerprint density at radius 3 is 2.21 bits per heavy atom. The summed E-state index contributed by atoms with van der Waals surface area (Å²) in [4.78, 5) is 13.7. The highest BCUT2D eigenvalue weighted by molar-refractivity contribution is 7.89. The molecule has 0 N–H and O–H groups in total. The highest BCUT2D eigenvalue weighted by atomic mass is 35.5. The first-order valence-corrected chi connectivity index (χ1v) is 10.5. The number of hydrogen-bond donors (Lipinski definition) is 0. The van der Waals surface area contributed by atoms with Crippen LogP contribution < -0.4 is 0 Å². The zero-order valence-corrected chi connectivity index (χ0v) is 16.9. The number of carbonyl (C=O) groups excluding carboxylic acids is 1. The predicted octanol–water partition coefficient (Wildman–Crippen LogP) is 3.35. The monoisotopic (exact) mass is 448 g/mol. The Kier molecular flexibility index (Phi) is 6.24.